The molecule has 2 aromatic carbocycles. The zero-order valence-corrected chi connectivity index (χ0v) is 22.6. The number of nitrogens with zero attached hydrogens (tertiary/aromatic N) is 2. The number of anilines is 1. The van der Waals surface area contributed by atoms with Crippen molar-refractivity contribution in [3.8, 4) is 0 Å². The molecule has 2 atom stereocenters. The molecule has 2 aromatic rings. The predicted molar refractivity (Wildman–Crippen MR) is 143 cm³/mol. The third kappa shape index (κ3) is 5.48. The maximum absolute atomic E-state index is 13.9. The van der Waals surface area contributed by atoms with Gasteiger partial charge in [-0.15, -0.1) is 0 Å². The first-order valence-corrected chi connectivity index (χ1v) is 13.8. The summed E-state index contributed by atoms with van der Waals surface area (Å²) in [4.78, 5) is 28.5. The first-order valence-electron chi connectivity index (χ1n) is 13.4. The molecule has 3 aliphatic rings. The van der Waals surface area contributed by atoms with E-state index < -0.39 is 23.2 Å². The van der Waals surface area contributed by atoms with Crippen LogP contribution in [0.5, 0.6) is 0 Å². The van der Waals surface area contributed by atoms with Crippen LogP contribution in [0.1, 0.15) is 54.4 Å². The van der Waals surface area contributed by atoms with Crippen molar-refractivity contribution in [3.05, 3.63) is 64.7 Å². The fraction of sp³-hybridized carbons (Fsp3) is 0.517. The minimum absolute atomic E-state index is 0.133. The van der Waals surface area contributed by atoms with Gasteiger partial charge in [-0.3, -0.25) is 9.59 Å². The monoisotopic (exact) mass is 563 g/mol. The highest BCUT2D eigenvalue weighted by molar-refractivity contribution is 6.34. The molecule has 210 valence electrons. The van der Waals surface area contributed by atoms with Crippen LogP contribution in [0.3, 0.4) is 0 Å². The van der Waals surface area contributed by atoms with Gasteiger partial charge in [0.2, 0.25) is 0 Å². The van der Waals surface area contributed by atoms with Crippen LogP contribution in [-0.2, 0) is 10.4 Å². The van der Waals surface area contributed by atoms with Crippen LogP contribution in [-0.4, -0.2) is 60.7 Å². The highest BCUT2D eigenvalue weighted by Gasteiger charge is 2.62. The second kappa shape index (κ2) is 10.3. The van der Waals surface area contributed by atoms with Crippen molar-refractivity contribution in [1.29, 1.82) is 0 Å². The number of amides is 2. The molecule has 1 saturated heterocycles. The molecule has 39 heavy (non-hydrogen) atoms. The van der Waals surface area contributed by atoms with E-state index in [4.69, 9.17) is 11.6 Å². The van der Waals surface area contributed by atoms with Gasteiger partial charge in [0, 0.05) is 44.0 Å². The Bertz CT molecular complexity index is 1230. The summed E-state index contributed by atoms with van der Waals surface area (Å²) in [7, 11) is 1.32. The van der Waals surface area contributed by atoms with E-state index in [0.717, 1.165) is 67.9 Å². The number of alkyl halides is 3. The largest absolute Gasteiger partial charge is 0.430 e. The molecule has 2 N–H and O–H groups in total. The number of aliphatic hydroxyl groups is 1. The first kappa shape index (κ1) is 27.8. The fourth-order valence-electron chi connectivity index (χ4n) is 5.85. The zero-order valence-electron chi connectivity index (χ0n) is 21.8. The maximum Gasteiger partial charge on any atom is 0.430 e. The predicted octanol–water partition coefficient (Wildman–Crippen LogP) is 5.14. The highest BCUT2D eigenvalue weighted by Crippen LogP contribution is 2.61. The van der Waals surface area contributed by atoms with Crippen LogP contribution < -0.4 is 10.2 Å². The van der Waals surface area contributed by atoms with Crippen molar-refractivity contribution in [2.45, 2.75) is 56.3 Å². The second-order valence-electron chi connectivity index (χ2n) is 11.3. The van der Waals surface area contributed by atoms with E-state index in [1.165, 1.54) is 25.2 Å². The number of halogens is 4. The fourth-order valence-corrected chi connectivity index (χ4v) is 6.11. The van der Waals surface area contributed by atoms with Crippen molar-refractivity contribution in [2.75, 3.05) is 31.6 Å². The second-order valence-corrected chi connectivity index (χ2v) is 11.7. The Morgan fingerprint density at radius 3 is 2.38 bits per heavy atom. The molecule has 2 unspecified atom stereocenters. The van der Waals surface area contributed by atoms with Gasteiger partial charge < -0.3 is 20.2 Å². The number of carbonyl (C=O) groups is 2. The third-order valence-corrected chi connectivity index (χ3v) is 8.98. The number of carbonyl (C=O) groups excluding carboxylic acids is 2. The number of benzene rings is 2. The van der Waals surface area contributed by atoms with E-state index in [1.807, 2.05) is 12.1 Å². The quantitative estimate of drug-likeness (QED) is 0.467. The molecule has 2 amide bonds. The van der Waals surface area contributed by atoms with Gasteiger partial charge in [-0.05, 0) is 68.1 Å². The molecule has 0 bridgehead atoms. The normalized spacial score (nSPS) is 21.8. The Kier molecular flexibility index (Phi) is 7.35. The summed E-state index contributed by atoms with van der Waals surface area (Å²) in [5.74, 6) is -1.19. The van der Waals surface area contributed by atoms with Gasteiger partial charge in [-0.2, -0.15) is 13.2 Å². The molecule has 3 fully saturated rings. The molecule has 6 nitrogen and oxygen atoms in total. The van der Waals surface area contributed by atoms with Crippen molar-refractivity contribution < 1.29 is 27.9 Å². The van der Waals surface area contributed by atoms with Gasteiger partial charge >= 0.3 is 6.18 Å². The Balaban J connectivity index is 1.14. The van der Waals surface area contributed by atoms with E-state index >= 15 is 0 Å². The molecule has 1 spiro atoms. The van der Waals surface area contributed by atoms with Crippen LogP contribution in [0.15, 0.2) is 48.5 Å². The lowest BCUT2D eigenvalue weighted by atomic mass is 9.89. The van der Waals surface area contributed by atoms with Crippen molar-refractivity contribution in [3.63, 3.8) is 0 Å². The summed E-state index contributed by atoms with van der Waals surface area (Å²) in [5.41, 5.74) is -2.49. The Hall–Kier alpha value is -2.78. The SMILES string of the molecule is CN(CCC1CC12CCN(c1ccc(C(=O)NC3CC3)c(Cl)c1)CC2)C(=O)C(O)(c1ccccc1)C(F)(F)F. The first-order chi connectivity index (χ1) is 18.4. The van der Waals surface area contributed by atoms with Gasteiger partial charge in [-0.1, -0.05) is 41.9 Å². The maximum atomic E-state index is 13.9. The van der Waals surface area contributed by atoms with Gasteiger partial charge in [-0.25, -0.2) is 0 Å². The number of hydrogen-bond acceptors (Lipinski definition) is 4. The molecule has 1 heterocycles. The van der Waals surface area contributed by atoms with Crippen molar-refractivity contribution in [1.82, 2.24) is 10.2 Å². The Morgan fingerprint density at radius 2 is 1.79 bits per heavy atom. The molecule has 1 aliphatic heterocycles. The van der Waals surface area contributed by atoms with Gasteiger partial charge in [0.15, 0.2) is 0 Å². The van der Waals surface area contributed by atoms with Gasteiger partial charge in [0.25, 0.3) is 17.4 Å². The lowest BCUT2D eigenvalue weighted by Gasteiger charge is -2.35. The molecule has 0 radical (unpaired) electrons. The van der Waals surface area contributed by atoms with Gasteiger partial charge in [0.1, 0.15) is 0 Å². The molecular formula is C29H33ClF3N3O3. The van der Waals surface area contributed by atoms with Crippen LogP contribution in [0.4, 0.5) is 18.9 Å². The van der Waals surface area contributed by atoms with E-state index in [2.05, 4.69) is 10.2 Å². The average molecular weight is 564 g/mol. The molecule has 10 heteroatoms. The number of likely N-dealkylation sites (N-methyl/N-ethyl adjacent to an activating group) is 1. The molecule has 2 aliphatic carbocycles. The number of rotatable bonds is 8. The summed E-state index contributed by atoms with van der Waals surface area (Å²) >= 11 is 6.43. The Morgan fingerprint density at radius 1 is 1.13 bits per heavy atom. The van der Waals surface area contributed by atoms with E-state index in [1.54, 1.807) is 6.07 Å². The van der Waals surface area contributed by atoms with Crippen LogP contribution >= 0.6 is 11.6 Å². The lowest BCUT2D eigenvalue weighted by Crippen LogP contribution is -2.55. The molecule has 5 rings (SSSR count). The van der Waals surface area contributed by atoms with Crippen LogP contribution in [0, 0.1) is 11.3 Å². The average Bonchev–Trinajstić information content (AvgIpc) is 3.84. The zero-order chi connectivity index (χ0) is 28.0. The standard InChI is InChI=1S/C29H33ClF3N3O3/c1-35(26(38)28(39,29(31,32)33)19-5-3-2-4-6-19)14-11-20-18-27(20)12-15-36(16-13-27)22-9-10-23(24(30)17-22)25(37)34-21-7-8-21/h2-6,9-10,17,20-21,39H,7-8,11-16,18H2,1H3,(H,34,37). The number of piperidine rings is 1. The van der Waals surface area contributed by atoms with E-state index in [9.17, 15) is 27.9 Å². The van der Waals surface area contributed by atoms with E-state index in [0.29, 0.717) is 22.9 Å². The topological polar surface area (TPSA) is 72.9 Å². The third-order valence-electron chi connectivity index (χ3n) is 8.66. The molecule has 0 aromatic heterocycles. The number of nitrogens with one attached hydrogen (secondary N) is 1. The Labute approximate surface area is 231 Å². The summed E-state index contributed by atoms with van der Waals surface area (Å²) in [6.45, 7) is 1.77. The summed E-state index contributed by atoms with van der Waals surface area (Å²) in [5, 5.41) is 14.0. The highest BCUT2D eigenvalue weighted by atomic mass is 35.5. The van der Waals surface area contributed by atoms with Crippen molar-refractivity contribution >= 4 is 29.1 Å². The van der Waals surface area contributed by atoms with Crippen LogP contribution in [0.25, 0.3) is 0 Å². The summed E-state index contributed by atoms with van der Waals surface area (Å²) in [6, 6.07) is 12.3. The lowest BCUT2D eigenvalue weighted by molar-refractivity contribution is -0.261. The van der Waals surface area contributed by atoms with Gasteiger partial charge in [0.05, 0.1) is 10.6 Å². The smallest absolute Gasteiger partial charge is 0.371 e. The van der Waals surface area contributed by atoms with E-state index in [-0.39, 0.29) is 23.9 Å². The minimum Gasteiger partial charge on any atom is -0.371 e. The molecule has 2 saturated carbocycles. The minimum atomic E-state index is -5.14. The van der Waals surface area contributed by atoms with Crippen molar-refractivity contribution in [2.24, 2.45) is 11.3 Å². The molecular weight excluding hydrogens is 531 g/mol. The summed E-state index contributed by atoms with van der Waals surface area (Å²) in [6.07, 6.45) is 0.311. The number of hydrogen-bond donors (Lipinski definition) is 2. The van der Waals surface area contributed by atoms with Crippen LogP contribution in [0.2, 0.25) is 5.02 Å². The summed E-state index contributed by atoms with van der Waals surface area (Å²) < 4.78 is 41.6.